The summed E-state index contributed by atoms with van der Waals surface area (Å²) in [5, 5.41) is 12.6. The topological polar surface area (TPSA) is 54.9 Å². The first-order chi connectivity index (χ1) is 11.3. The number of carbonyl (C=O) groups is 1. The van der Waals surface area contributed by atoms with Crippen LogP contribution in [-0.4, -0.2) is 16.1 Å². The van der Waals surface area contributed by atoms with E-state index in [-0.39, 0.29) is 17.1 Å². The second kappa shape index (κ2) is 6.24. The number of nitrogens with zero attached hydrogens (tertiary/aromatic N) is 2. The highest BCUT2D eigenvalue weighted by Gasteiger charge is 2.43. The Kier molecular flexibility index (Phi) is 4.42. The molecule has 1 fully saturated rings. The van der Waals surface area contributed by atoms with Gasteiger partial charge in [0.1, 0.15) is 10.8 Å². The maximum Gasteiger partial charge on any atom is 0.236 e. The number of amides is 1. The Hall–Kier alpha value is -1.82. The lowest BCUT2D eigenvalue weighted by Gasteiger charge is -2.27. The van der Waals surface area contributed by atoms with E-state index in [9.17, 15) is 9.18 Å². The van der Waals surface area contributed by atoms with Crippen molar-refractivity contribution in [2.75, 3.05) is 5.32 Å². The van der Waals surface area contributed by atoms with Crippen molar-refractivity contribution in [3.63, 3.8) is 0 Å². The van der Waals surface area contributed by atoms with Gasteiger partial charge in [0.25, 0.3) is 0 Å². The summed E-state index contributed by atoms with van der Waals surface area (Å²) in [6, 6.07) is 6.39. The van der Waals surface area contributed by atoms with E-state index in [1.54, 1.807) is 6.07 Å². The van der Waals surface area contributed by atoms with Crippen molar-refractivity contribution < 1.29 is 9.18 Å². The highest BCUT2D eigenvalue weighted by atomic mass is 32.1. The standard InChI is InChI=1S/C18H22FN3OS/c1-17(2,3)15-21-22-16(24-15)20-14(23)18(9-4-5-10-18)12-7-6-8-13(19)11-12/h6-8,11H,4-5,9-10H2,1-3H3,(H,20,22,23). The first-order valence-electron chi connectivity index (χ1n) is 8.23. The van der Waals surface area contributed by atoms with E-state index in [1.807, 2.05) is 6.07 Å². The van der Waals surface area contributed by atoms with Gasteiger partial charge in [-0.1, -0.05) is 57.1 Å². The molecule has 0 atom stereocenters. The van der Waals surface area contributed by atoms with E-state index in [0.29, 0.717) is 5.13 Å². The molecule has 128 valence electrons. The molecule has 1 N–H and O–H groups in total. The maximum absolute atomic E-state index is 13.7. The van der Waals surface area contributed by atoms with Crippen LogP contribution in [0.3, 0.4) is 0 Å². The number of nitrogens with one attached hydrogen (secondary N) is 1. The summed E-state index contributed by atoms with van der Waals surface area (Å²) in [5.41, 5.74) is -0.0257. The highest BCUT2D eigenvalue weighted by Crippen LogP contribution is 2.42. The predicted molar refractivity (Wildman–Crippen MR) is 93.8 cm³/mol. The monoisotopic (exact) mass is 347 g/mol. The Balaban J connectivity index is 1.87. The molecule has 24 heavy (non-hydrogen) atoms. The van der Waals surface area contributed by atoms with Crippen LogP contribution in [0, 0.1) is 5.82 Å². The summed E-state index contributed by atoms with van der Waals surface area (Å²) < 4.78 is 13.7. The highest BCUT2D eigenvalue weighted by molar-refractivity contribution is 7.15. The van der Waals surface area contributed by atoms with Crippen molar-refractivity contribution in [1.82, 2.24) is 10.2 Å². The van der Waals surface area contributed by atoms with Crippen molar-refractivity contribution in [2.24, 2.45) is 0 Å². The molecule has 1 amide bonds. The molecule has 0 radical (unpaired) electrons. The van der Waals surface area contributed by atoms with Gasteiger partial charge < -0.3 is 0 Å². The van der Waals surface area contributed by atoms with Crippen molar-refractivity contribution in [3.8, 4) is 0 Å². The molecule has 4 nitrogen and oxygen atoms in total. The van der Waals surface area contributed by atoms with Crippen LogP contribution in [0.5, 0.6) is 0 Å². The van der Waals surface area contributed by atoms with E-state index in [1.165, 1.54) is 23.5 Å². The van der Waals surface area contributed by atoms with Crippen molar-refractivity contribution in [3.05, 3.63) is 40.7 Å². The summed E-state index contributed by atoms with van der Waals surface area (Å²) in [5.74, 6) is -0.417. The molecule has 3 rings (SSSR count). The van der Waals surface area contributed by atoms with E-state index in [0.717, 1.165) is 36.3 Å². The largest absolute Gasteiger partial charge is 0.300 e. The normalized spacial score (nSPS) is 17.0. The number of aromatic nitrogens is 2. The Morgan fingerprint density at radius 1 is 1.25 bits per heavy atom. The second-order valence-corrected chi connectivity index (χ2v) is 8.39. The zero-order valence-corrected chi connectivity index (χ0v) is 15.0. The van der Waals surface area contributed by atoms with Gasteiger partial charge in [0.2, 0.25) is 11.0 Å². The molecule has 1 aromatic heterocycles. The van der Waals surface area contributed by atoms with E-state index in [4.69, 9.17) is 0 Å². The van der Waals surface area contributed by atoms with E-state index < -0.39 is 5.41 Å². The Morgan fingerprint density at radius 3 is 2.54 bits per heavy atom. The molecule has 0 spiro atoms. The first-order valence-corrected chi connectivity index (χ1v) is 9.04. The number of benzene rings is 1. The van der Waals surface area contributed by atoms with Crippen LogP contribution in [0.4, 0.5) is 9.52 Å². The number of hydrogen-bond donors (Lipinski definition) is 1. The van der Waals surface area contributed by atoms with Crippen LogP contribution < -0.4 is 5.32 Å². The smallest absolute Gasteiger partial charge is 0.236 e. The quantitative estimate of drug-likeness (QED) is 0.894. The minimum Gasteiger partial charge on any atom is -0.300 e. The fourth-order valence-corrected chi connectivity index (χ4v) is 4.00. The molecule has 2 aromatic rings. The number of rotatable bonds is 3. The van der Waals surface area contributed by atoms with Crippen LogP contribution in [-0.2, 0) is 15.6 Å². The van der Waals surface area contributed by atoms with E-state index in [2.05, 4.69) is 36.3 Å². The molecule has 0 saturated heterocycles. The third kappa shape index (κ3) is 3.20. The van der Waals surface area contributed by atoms with Gasteiger partial charge in [0, 0.05) is 5.41 Å². The molecule has 0 unspecified atom stereocenters. The number of hydrogen-bond acceptors (Lipinski definition) is 4. The molecule has 0 aliphatic heterocycles. The lowest BCUT2D eigenvalue weighted by molar-refractivity contribution is -0.121. The average Bonchev–Trinajstić information content (AvgIpc) is 3.16. The van der Waals surface area contributed by atoms with Crippen LogP contribution >= 0.6 is 11.3 Å². The molecular formula is C18H22FN3OS. The summed E-state index contributed by atoms with van der Waals surface area (Å²) in [4.78, 5) is 13.0. The summed E-state index contributed by atoms with van der Waals surface area (Å²) in [6.07, 6.45) is 3.39. The average molecular weight is 347 g/mol. The number of anilines is 1. The molecule has 1 heterocycles. The third-order valence-electron chi connectivity index (χ3n) is 4.56. The van der Waals surface area contributed by atoms with Gasteiger partial charge in [-0.05, 0) is 30.5 Å². The van der Waals surface area contributed by atoms with Crippen LogP contribution in [0.25, 0.3) is 0 Å². The summed E-state index contributed by atoms with van der Waals surface area (Å²) >= 11 is 1.40. The lowest BCUT2D eigenvalue weighted by Crippen LogP contribution is -2.38. The van der Waals surface area contributed by atoms with Crippen LogP contribution in [0.15, 0.2) is 24.3 Å². The molecule has 1 aliphatic rings. The van der Waals surface area contributed by atoms with Gasteiger partial charge in [-0.15, -0.1) is 10.2 Å². The number of halogens is 1. The fraction of sp³-hybridized carbons (Fsp3) is 0.500. The molecule has 1 aromatic carbocycles. The van der Waals surface area contributed by atoms with Gasteiger partial charge in [0.05, 0.1) is 5.41 Å². The number of carbonyl (C=O) groups excluding carboxylic acids is 1. The predicted octanol–water partition coefficient (Wildman–Crippen LogP) is 4.43. The van der Waals surface area contributed by atoms with Crippen molar-refractivity contribution in [1.29, 1.82) is 0 Å². The minimum absolute atomic E-state index is 0.103. The van der Waals surface area contributed by atoms with Crippen LogP contribution in [0.1, 0.15) is 57.0 Å². The maximum atomic E-state index is 13.7. The van der Waals surface area contributed by atoms with Crippen molar-refractivity contribution in [2.45, 2.75) is 57.3 Å². The zero-order valence-electron chi connectivity index (χ0n) is 14.2. The molecule has 1 aliphatic carbocycles. The molecular weight excluding hydrogens is 325 g/mol. The summed E-state index contributed by atoms with van der Waals surface area (Å²) in [6.45, 7) is 6.18. The van der Waals surface area contributed by atoms with Gasteiger partial charge in [-0.3, -0.25) is 10.1 Å². The first kappa shape index (κ1) is 17.0. The molecule has 1 saturated carbocycles. The Bertz CT molecular complexity index is 745. The zero-order chi connectivity index (χ0) is 17.4. The summed E-state index contributed by atoms with van der Waals surface area (Å²) in [7, 11) is 0. The van der Waals surface area contributed by atoms with Crippen molar-refractivity contribution >= 4 is 22.4 Å². The molecule has 6 heteroatoms. The van der Waals surface area contributed by atoms with Gasteiger partial charge in [0.15, 0.2) is 0 Å². The fourth-order valence-electron chi connectivity index (χ4n) is 3.21. The van der Waals surface area contributed by atoms with E-state index >= 15 is 0 Å². The SMILES string of the molecule is CC(C)(C)c1nnc(NC(=O)C2(c3cccc(F)c3)CCCC2)s1. The second-order valence-electron chi connectivity index (χ2n) is 7.42. The van der Waals surface area contributed by atoms with Gasteiger partial charge >= 0.3 is 0 Å². The Morgan fingerprint density at radius 2 is 1.96 bits per heavy atom. The lowest BCUT2D eigenvalue weighted by atomic mass is 9.78. The molecule has 0 bridgehead atoms. The minimum atomic E-state index is -0.671. The van der Waals surface area contributed by atoms with Gasteiger partial charge in [-0.2, -0.15) is 0 Å². The van der Waals surface area contributed by atoms with Crippen LogP contribution in [0.2, 0.25) is 0 Å². The Labute approximate surface area is 145 Å². The third-order valence-corrected chi connectivity index (χ3v) is 5.82. The van der Waals surface area contributed by atoms with Gasteiger partial charge in [-0.25, -0.2) is 4.39 Å².